The number of aryl methyl sites for hydroxylation is 1. The Kier molecular flexibility index (Phi) is 7.11. The number of ether oxygens (including phenoxy) is 1. The van der Waals surface area contributed by atoms with E-state index in [0.717, 1.165) is 54.0 Å². The molecule has 160 valence electrons. The number of aliphatic imine (C=N–C) groups is 1. The molecule has 0 unspecified atom stereocenters. The van der Waals surface area contributed by atoms with Crippen LogP contribution in [0.4, 0.5) is 5.00 Å². The van der Waals surface area contributed by atoms with Gasteiger partial charge in [0.05, 0.1) is 12.2 Å². The van der Waals surface area contributed by atoms with E-state index in [1.165, 1.54) is 36.1 Å². The second-order valence-corrected chi connectivity index (χ2v) is 9.59. The third kappa shape index (κ3) is 4.89. The third-order valence-corrected chi connectivity index (χ3v) is 7.35. The molecule has 1 saturated carbocycles. The first-order chi connectivity index (χ1) is 14.7. The zero-order chi connectivity index (χ0) is 20.9. The molecule has 0 bridgehead atoms. The summed E-state index contributed by atoms with van der Waals surface area (Å²) in [5.74, 6) is 0.796. The number of hydrogen-bond acceptors (Lipinski definition) is 4. The molecule has 1 amide bonds. The number of thiophene rings is 1. The van der Waals surface area contributed by atoms with Crippen LogP contribution in [0.25, 0.3) is 0 Å². The van der Waals surface area contributed by atoms with E-state index in [1.807, 2.05) is 25.1 Å². The highest BCUT2D eigenvalue weighted by Gasteiger charge is 2.27. The molecule has 1 aromatic heterocycles. The Hall–Kier alpha value is -1.85. The maximum absolute atomic E-state index is 13.3. The highest BCUT2D eigenvalue weighted by atomic mass is 35.5. The first kappa shape index (κ1) is 21.4. The van der Waals surface area contributed by atoms with Crippen molar-refractivity contribution in [3.05, 3.63) is 44.8 Å². The molecule has 4 rings (SSSR count). The van der Waals surface area contributed by atoms with Crippen LogP contribution in [-0.4, -0.2) is 24.8 Å². The monoisotopic (exact) mass is 444 g/mol. The van der Waals surface area contributed by atoms with Crippen LogP contribution in [0.2, 0.25) is 5.02 Å². The summed E-state index contributed by atoms with van der Waals surface area (Å²) in [4.78, 5) is 19.4. The summed E-state index contributed by atoms with van der Waals surface area (Å²) in [7, 11) is 0. The van der Waals surface area contributed by atoms with Gasteiger partial charge >= 0.3 is 0 Å². The Balaban J connectivity index is 1.64. The van der Waals surface area contributed by atoms with Gasteiger partial charge in [-0.15, -0.1) is 11.3 Å². The van der Waals surface area contributed by atoms with E-state index in [2.05, 4.69) is 5.32 Å². The number of fused-ring (bicyclic) bond motifs is 1. The van der Waals surface area contributed by atoms with Crippen molar-refractivity contribution in [1.29, 1.82) is 0 Å². The molecule has 4 nitrogen and oxygen atoms in total. The molecule has 2 aromatic rings. The minimum Gasteiger partial charge on any atom is -0.493 e. The van der Waals surface area contributed by atoms with Gasteiger partial charge in [-0.2, -0.15) is 0 Å². The SMILES string of the molecule is CCOc1ccc(Cl)cc1C=Nc1sc2c(c1C(=O)NC1CCCCC1)CCCC2. The summed E-state index contributed by atoms with van der Waals surface area (Å²) in [5, 5.41) is 4.74. The molecule has 0 radical (unpaired) electrons. The number of halogens is 1. The number of carbonyl (C=O) groups is 1. The molecule has 1 aromatic carbocycles. The van der Waals surface area contributed by atoms with Crippen LogP contribution < -0.4 is 10.1 Å². The van der Waals surface area contributed by atoms with Gasteiger partial charge in [0.2, 0.25) is 0 Å². The first-order valence-electron chi connectivity index (χ1n) is 11.1. The standard InChI is InChI=1S/C24H29ClN2O2S/c1-2-29-20-13-12-17(25)14-16(20)15-26-24-22(19-10-6-7-11-21(19)30-24)23(28)27-18-8-4-3-5-9-18/h12-15,18H,2-11H2,1H3,(H,27,28). The van der Waals surface area contributed by atoms with Crippen LogP contribution in [0, 0.1) is 0 Å². The number of nitrogens with one attached hydrogen (secondary N) is 1. The summed E-state index contributed by atoms with van der Waals surface area (Å²) >= 11 is 7.86. The Morgan fingerprint density at radius 2 is 2.03 bits per heavy atom. The summed E-state index contributed by atoms with van der Waals surface area (Å²) < 4.78 is 5.71. The molecule has 30 heavy (non-hydrogen) atoms. The number of carbonyl (C=O) groups excluding carboxylic acids is 1. The van der Waals surface area contributed by atoms with Crippen LogP contribution in [-0.2, 0) is 12.8 Å². The van der Waals surface area contributed by atoms with E-state index < -0.39 is 0 Å². The van der Waals surface area contributed by atoms with Gasteiger partial charge in [-0.3, -0.25) is 4.79 Å². The van der Waals surface area contributed by atoms with Gasteiger partial charge < -0.3 is 10.1 Å². The van der Waals surface area contributed by atoms with Gasteiger partial charge in [0.25, 0.3) is 5.91 Å². The molecule has 1 fully saturated rings. The molecular weight excluding hydrogens is 416 g/mol. The minimum absolute atomic E-state index is 0.0459. The van der Waals surface area contributed by atoms with E-state index >= 15 is 0 Å². The fourth-order valence-electron chi connectivity index (χ4n) is 4.42. The largest absolute Gasteiger partial charge is 0.493 e. The zero-order valence-electron chi connectivity index (χ0n) is 17.5. The maximum atomic E-state index is 13.3. The minimum atomic E-state index is 0.0459. The lowest BCUT2D eigenvalue weighted by atomic mass is 9.93. The van der Waals surface area contributed by atoms with Crippen LogP contribution >= 0.6 is 22.9 Å². The molecule has 6 heteroatoms. The molecule has 1 N–H and O–H groups in total. The Morgan fingerprint density at radius 1 is 1.23 bits per heavy atom. The van der Waals surface area contributed by atoms with Crippen LogP contribution in [0.1, 0.15) is 78.2 Å². The van der Waals surface area contributed by atoms with Gasteiger partial charge in [-0.1, -0.05) is 30.9 Å². The van der Waals surface area contributed by atoms with E-state index in [9.17, 15) is 4.79 Å². The van der Waals surface area contributed by atoms with Gasteiger partial charge in [0.1, 0.15) is 10.8 Å². The predicted molar refractivity (Wildman–Crippen MR) is 125 cm³/mol. The summed E-state index contributed by atoms with van der Waals surface area (Å²) in [6, 6.07) is 5.82. The average molecular weight is 445 g/mol. The Morgan fingerprint density at radius 3 is 2.83 bits per heavy atom. The quantitative estimate of drug-likeness (QED) is 0.517. The maximum Gasteiger partial charge on any atom is 0.254 e. The number of amides is 1. The number of rotatable bonds is 6. The molecule has 1 heterocycles. The number of nitrogens with zero attached hydrogens (tertiary/aromatic N) is 1. The lowest BCUT2D eigenvalue weighted by Gasteiger charge is -2.23. The van der Waals surface area contributed by atoms with E-state index in [4.69, 9.17) is 21.3 Å². The molecule has 0 saturated heterocycles. The average Bonchev–Trinajstić information content (AvgIpc) is 3.13. The van der Waals surface area contributed by atoms with Crippen LogP contribution in [0.3, 0.4) is 0 Å². The highest BCUT2D eigenvalue weighted by molar-refractivity contribution is 7.16. The predicted octanol–water partition coefficient (Wildman–Crippen LogP) is 6.49. The van der Waals surface area contributed by atoms with Crippen molar-refractivity contribution >= 4 is 40.1 Å². The van der Waals surface area contributed by atoms with E-state index in [0.29, 0.717) is 17.7 Å². The molecule has 0 atom stereocenters. The van der Waals surface area contributed by atoms with Gasteiger partial charge in [-0.25, -0.2) is 4.99 Å². The summed E-state index contributed by atoms with van der Waals surface area (Å²) in [6.45, 7) is 2.53. The van der Waals surface area contributed by atoms with Crippen LogP contribution in [0.15, 0.2) is 23.2 Å². The van der Waals surface area contributed by atoms with Crippen LogP contribution in [0.5, 0.6) is 5.75 Å². The normalized spacial score (nSPS) is 17.1. The molecule has 2 aliphatic carbocycles. The Labute approximate surface area is 187 Å². The first-order valence-corrected chi connectivity index (χ1v) is 12.3. The Bertz CT molecular complexity index is 932. The van der Waals surface area contributed by atoms with Crippen molar-refractivity contribution in [1.82, 2.24) is 5.32 Å². The van der Waals surface area contributed by atoms with Crippen molar-refractivity contribution < 1.29 is 9.53 Å². The van der Waals surface area contributed by atoms with E-state index in [-0.39, 0.29) is 5.91 Å². The summed E-state index contributed by atoms with van der Waals surface area (Å²) in [5.41, 5.74) is 2.83. The van der Waals surface area contributed by atoms with Crippen molar-refractivity contribution in [3.8, 4) is 5.75 Å². The highest BCUT2D eigenvalue weighted by Crippen LogP contribution is 2.40. The van der Waals surface area contributed by atoms with Crippen molar-refractivity contribution in [3.63, 3.8) is 0 Å². The van der Waals surface area contributed by atoms with Crippen molar-refractivity contribution in [2.75, 3.05) is 6.61 Å². The molecule has 0 aliphatic heterocycles. The third-order valence-electron chi connectivity index (χ3n) is 5.91. The van der Waals surface area contributed by atoms with Gasteiger partial charge in [0.15, 0.2) is 0 Å². The topological polar surface area (TPSA) is 50.7 Å². The summed E-state index contributed by atoms with van der Waals surface area (Å²) in [6.07, 6.45) is 12.0. The van der Waals surface area contributed by atoms with Crippen molar-refractivity contribution in [2.45, 2.75) is 70.8 Å². The molecule has 0 spiro atoms. The second-order valence-electron chi connectivity index (χ2n) is 8.07. The number of benzene rings is 1. The zero-order valence-corrected chi connectivity index (χ0v) is 19.1. The smallest absolute Gasteiger partial charge is 0.254 e. The number of hydrogen-bond donors (Lipinski definition) is 1. The second kappa shape index (κ2) is 9.97. The lowest BCUT2D eigenvalue weighted by Crippen LogP contribution is -2.36. The fourth-order valence-corrected chi connectivity index (χ4v) is 5.83. The van der Waals surface area contributed by atoms with Gasteiger partial charge in [0, 0.05) is 27.7 Å². The van der Waals surface area contributed by atoms with E-state index in [1.54, 1.807) is 17.6 Å². The van der Waals surface area contributed by atoms with Crippen molar-refractivity contribution in [2.24, 2.45) is 4.99 Å². The van der Waals surface area contributed by atoms with Gasteiger partial charge in [-0.05, 0) is 69.2 Å². The fraction of sp³-hybridized carbons (Fsp3) is 0.500. The molecular formula is C24H29ClN2O2S. The molecule has 2 aliphatic rings. The lowest BCUT2D eigenvalue weighted by molar-refractivity contribution is 0.0927.